The molecule has 0 spiro atoms. The van der Waals surface area contributed by atoms with Gasteiger partial charge in [-0.05, 0) is 0 Å². The van der Waals surface area contributed by atoms with Crippen molar-refractivity contribution in [3.8, 4) is 0 Å². The summed E-state index contributed by atoms with van der Waals surface area (Å²) in [7, 11) is 0. The maximum atomic E-state index is 11.5. The molecule has 12 heavy (non-hydrogen) atoms. The molecule has 0 aromatic heterocycles. The molecule has 0 atom stereocenters. The van der Waals surface area contributed by atoms with Gasteiger partial charge in [-0.1, -0.05) is 23.2 Å². The van der Waals surface area contributed by atoms with E-state index in [1.165, 1.54) is 0 Å². The number of halogens is 5. The Bertz CT molecular complexity index is 213. The van der Waals surface area contributed by atoms with Crippen LogP contribution in [0.25, 0.3) is 0 Å². The maximum Gasteiger partial charge on any atom is 1.00 e. The van der Waals surface area contributed by atoms with Crippen LogP contribution in [-0.4, -0.2) is 12.1 Å². The van der Waals surface area contributed by atoms with Crippen molar-refractivity contribution in [3.63, 3.8) is 0 Å². The Labute approximate surface area is 97.6 Å². The number of rotatable bonds is 1. The number of carboxylic acid groups (broad SMARTS) is 1. The fourth-order valence-corrected chi connectivity index (χ4v) is 0.398. The monoisotopic (exact) mass is 230 g/mol. The Morgan fingerprint density at radius 1 is 1.25 bits per heavy atom. The zero-order valence-electron chi connectivity index (χ0n) is 5.71. The minimum Gasteiger partial charge on any atom is -0.544 e. The second-order valence-corrected chi connectivity index (χ2v) is 2.17. The van der Waals surface area contributed by atoms with E-state index in [4.69, 9.17) is 0 Å². The van der Waals surface area contributed by atoms with Crippen molar-refractivity contribution in [2.45, 2.75) is 6.18 Å². The summed E-state index contributed by atoms with van der Waals surface area (Å²) in [5.74, 6) is -2.16. The molecule has 0 saturated heterocycles. The Balaban J connectivity index is 0. The van der Waals surface area contributed by atoms with E-state index in [9.17, 15) is 23.1 Å². The summed E-state index contributed by atoms with van der Waals surface area (Å²) in [6.45, 7) is 0. The van der Waals surface area contributed by atoms with Crippen LogP contribution in [0.4, 0.5) is 13.2 Å². The molecular formula is C4Cl2F3NaO2. The van der Waals surface area contributed by atoms with E-state index in [0.717, 1.165) is 0 Å². The van der Waals surface area contributed by atoms with Gasteiger partial charge in [0.15, 0.2) is 0 Å². The molecular weight excluding hydrogens is 231 g/mol. The summed E-state index contributed by atoms with van der Waals surface area (Å²) in [5, 5.41) is 6.27. The number of alkyl halides is 3. The van der Waals surface area contributed by atoms with Crippen LogP contribution in [0.1, 0.15) is 0 Å². The second kappa shape index (κ2) is 5.34. The first-order chi connectivity index (χ1) is 4.76. The molecule has 64 valence electrons. The number of allylic oxidation sites excluding steroid dienone is 1. The number of hydrogen-bond acceptors (Lipinski definition) is 2. The van der Waals surface area contributed by atoms with Crippen LogP contribution in [0.3, 0.4) is 0 Å². The molecule has 0 N–H and O–H groups in total. The van der Waals surface area contributed by atoms with E-state index in [1.807, 2.05) is 0 Å². The van der Waals surface area contributed by atoms with Crippen LogP contribution in [0.5, 0.6) is 0 Å². The molecule has 0 saturated carbocycles. The van der Waals surface area contributed by atoms with Gasteiger partial charge < -0.3 is 9.90 Å². The smallest absolute Gasteiger partial charge is 0.544 e. The van der Waals surface area contributed by atoms with Crippen LogP contribution in [0.2, 0.25) is 0 Å². The van der Waals surface area contributed by atoms with E-state index in [-0.39, 0.29) is 29.6 Å². The predicted molar refractivity (Wildman–Crippen MR) is 29.8 cm³/mol. The molecule has 0 aliphatic rings. The molecule has 0 aromatic rings. The SMILES string of the molecule is O=C([O-])C(Cl)=C(Cl)C(F)(F)F.[Na+]. The quantitative estimate of drug-likeness (QED) is 0.386. The van der Waals surface area contributed by atoms with E-state index < -0.39 is 22.2 Å². The van der Waals surface area contributed by atoms with Gasteiger partial charge in [0.25, 0.3) is 0 Å². The average molecular weight is 231 g/mol. The normalized spacial score (nSPS) is 13.1. The number of carbonyl (C=O) groups is 1. The molecule has 0 aromatic carbocycles. The molecule has 0 aliphatic heterocycles. The Morgan fingerprint density at radius 3 is 1.67 bits per heavy atom. The Kier molecular flexibility index (Phi) is 6.71. The van der Waals surface area contributed by atoms with Gasteiger partial charge in [-0.3, -0.25) is 0 Å². The van der Waals surface area contributed by atoms with E-state index in [0.29, 0.717) is 0 Å². The summed E-state index contributed by atoms with van der Waals surface area (Å²) in [4.78, 5) is 9.70. The third-order valence-corrected chi connectivity index (χ3v) is 1.46. The summed E-state index contributed by atoms with van der Waals surface area (Å²) in [5.41, 5.74) is 0. The first kappa shape index (κ1) is 15.1. The van der Waals surface area contributed by atoms with Gasteiger partial charge >= 0.3 is 35.7 Å². The van der Waals surface area contributed by atoms with Gasteiger partial charge in [0.05, 0.1) is 11.0 Å². The minimum absolute atomic E-state index is 0. The number of carboxylic acids is 1. The van der Waals surface area contributed by atoms with Crippen LogP contribution in [0, 0.1) is 0 Å². The molecule has 8 heteroatoms. The van der Waals surface area contributed by atoms with Crippen molar-refractivity contribution in [3.05, 3.63) is 10.1 Å². The second-order valence-electron chi connectivity index (χ2n) is 1.41. The third kappa shape index (κ3) is 4.57. The van der Waals surface area contributed by atoms with Crippen LogP contribution >= 0.6 is 23.2 Å². The fraction of sp³-hybridized carbons (Fsp3) is 0.250. The zero-order chi connectivity index (χ0) is 9.23. The molecule has 0 unspecified atom stereocenters. The summed E-state index contributed by atoms with van der Waals surface area (Å²) >= 11 is 9.12. The predicted octanol–water partition coefficient (Wildman–Crippen LogP) is -2.01. The van der Waals surface area contributed by atoms with Gasteiger partial charge in [-0.25, -0.2) is 0 Å². The molecule has 0 aliphatic carbocycles. The molecule has 0 rings (SSSR count). The van der Waals surface area contributed by atoms with Crippen LogP contribution < -0.4 is 34.7 Å². The summed E-state index contributed by atoms with van der Waals surface area (Å²) < 4.78 is 34.5. The van der Waals surface area contributed by atoms with E-state index >= 15 is 0 Å². The van der Waals surface area contributed by atoms with Crippen molar-refractivity contribution in [1.29, 1.82) is 0 Å². The van der Waals surface area contributed by atoms with Crippen molar-refractivity contribution in [2.24, 2.45) is 0 Å². The van der Waals surface area contributed by atoms with Crippen LogP contribution in [-0.2, 0) is 4.79 Å². The van der Waals surface area contributed by atoms with Crippen molar-refractivity contribution < 1.29 is 52.6 Å². The van der Waals surface area contributed by atoms with Crippen molar-refractivity contribution in [2.75, 3.05) is 0 Å². The molecule has 0 heterocycles. The summed E-state index contributed by atoms with van der Waals surface area (Å²) in [6.07, 6.45) is -4.95. The molecule has 0 bridgehead atoms. The van der Waals surface area contributed by atoms with Gasteiger partial charge in [-0.15, -0.1) is 0 Å². The average Bonchev–Trinajstić information content (AvgIpc) is 1.82. The molecule has 0 amide bonds. The molecule has 0 fully saturated rings. The number of carbonyl (C=O) groups excluding carboxylic acids is 1. The third-order valence-electron chi connectivity index (χ3n) is 0.621. The Hall–Kier alpha value is 0.580. The van der Waals surface area contributed by atoms with Crippen molar-refractivity contribution in [1.82, 2.24) is 0 Å². The first-order valence-corrected chi connectivity index (χ1v) is 2.86. The molecule has 2 nitrogen and oxygen atoms in total. The van der Waals surface area contributed by atoms with Gasteiger partial charge in [-0.2, -0.15) is 13.2 Å². The topological polar surface area (TPSA) is 40.1 Å². The summed E-state index contributed by atoms with van der Waals surface area (Å²) in [6, 6.07) is 0. The van der Waals surface area contributed by atoms with Crippen LogP contribution in [0.15, 0.2) is 10.1 Å². The van der Waals surface area contributed by atoms with Crippen molar-refractivity contribution >= 4 is 29.2 Å². The Morgan fingerprint density at radius 2 is 1.58 bits per heavy atom. The van der Waals surface area contributed by atoms with E-state index in [1.54, 1.807) is 0 Å². The fourth-order valence-electron chi connectivity index (χ4n) is 0.214. The zero-order valence-corrected chi connectivity index (χ0v) is 9.22. The maximum absolute atomic E-state index is 11.5. The van der Waals surface area contributed by atoms with Gasteiger partial charge in [0.2, 0.25) is 0 Å². The first-order valence-electron chi connectivity index (χ1n) is 2.10. The van der Waals surface area contributed by atoms with Gasteiger partial charge in [0, 0.05) is 0 Å². The number of aliphatic carboxylic acids is 1. The standard InChI is InChI=1S/C4HCl2F3O2.Na/c5-1(3(10)11)2(6)4(7,8)9;/h(H,10,11);/q;+1/p-1. The van der Waals surface area contributed by atoms with E-state index in [2.05, 4.69) is 23.2 Å². The minimum atomic E-state index is -4.95. The van der Waals surface area contributed by atoms with Gasteiger partial charge in [0.1, 0.15) is 5.03 Å². The largest absolute Gasteiger partial charge is 1.00 e. The number of hydrogen-bond donors (Lipinski definition) is 0. The molecule has 0 radical (unpaired) electrons.